The predicted octanol–water partition coefficient (Wildman–Crippen LogP) is 5.60. The van der Waals surface area contributed by atoms with Crippen LogP contribution in [0.1, 0.15) is 35.4 Å². The van der Waals surface area contributed by atoms with E-state index < -0.39 is 11.2 Å². The number of benzene rings is 3. The lowest BCUT2D eigenvalue weighted by Crippen LogP contribution is -2.33. The van der Waals surface area contributed by atoms with Crippen molar-refractivity contribution >= 4 is 27.3 Å². The Labute approximate surface area is 175 Å². The third-order valence-electron chi connectivity index (χ3n) is 5.25. The van der Waals surface area contributed by atoms with Gasteiger partial charge in [-0.05, 0) is 35.9 Å². The molecule has 0 unspecified atom stereocenters. The van der Waals surface area contributed by atoms with E-state index in [0.29, 0.717) is 0 Å². The summed E-state index contributed by atoms with van der Waals surface area (Å²) >= 11 is 3.55. The summed E-state index contributed by atoms with van der Waals surface area (Å²) in [5.41, 5.74) is 4.04. The highest BCUT2D eigenvalue weighted by Gasteiger charge is 2.41. The Kier molecular flexibility index (Phi) is 4.32. The standard InChI is InChI=1S/C22H16BrN3O3/c23-16-8-11-21-18(12-16)20-13-19(14-4-2-1-3-5-14)24-25(20)22(29-21)15-6-9-17(10-7-15)26(27)28/h1-12,20,22H,13H2/t20-,22-/m0/s1. The fourth-order valence-electron chi connectivity index (χ4n) is 3.84. The molecular formula is C22H16BrN3O3. The fourth-order valence-corrected chi connectivity index (χ4v) is 4.22. The molecule has 3 aromatic carbocycles. The van der Waals surface area contributed by atoms with Gasteiger partial charge in [0.2, 0.25) is 6.23 Å². The Morgan fingerprint density at radius 1 is 1.07 bits per heavy atom. The fraction of sp³-hybridized carbons (Fsp3) is 0.136. The van der Waals surface area contributed by atoms with Crippen molar-refractivity contribution in [1.29, 1.82) is 0 Å². The van der Waals surface area contributed by atoms with Crippen molar-refractivity contribution < 1.29 is 9.66 Å². The highest BCUT2D eigenvalue weighted by Crippen LogP contribution is 2.48. The second-order valence-electron chi connectivity index (χ2n) is 7.01. The van der Waals surface area contributed by atoms with Crippen molar-refractivity contribution in [3.05, 3.63) is 104 Å². The van der Waals surface area contributed by atoms with Crippen LogP contribution >= 0.6 is 15.9 Å². The third kappa shape index (κ3) is 3.17. The van der Waals surface area contributed by atoms with Gasteiger partial charge in [0.25, 0.3) is 5.69 Å². The Morgan fingerprint density at radius 3 is 2.55 bits per heavy atom. The van der Waals surface area contributed by atoms with Gasteiger partial charge >= 0.3 is 0 Å². The summed E-state index contributed by atoms with van der Waals surface area (Å²) in [4.78, 5) is 10.6. The molecule has 0 aliphatic carbocycles. The summed E-state index contributed by atoms with van der Waals surface area (Å²) in [5, 5.41) is 17.9. The summed E-state index contributed by atoms with van der Waals surface area (Å²) in [5.74, 6) is 0.808. The van der Waals surface area contributed by atoms with Crippen LogP contribution < -0.4 is 4.74 Å². The van der Waals surface area contributed by atoms with Crippen molar-refractivity contribution in [2.24, 2.45) is 5.10 Å². The highest BCUT2D eigenvalue weighted by molar-refractivity contribution is 9.10. The molecule has 0 fully saturated rings. The van der Waals surface area contributed by atoms with E-state index in [2.05, 4.69) is 34.1 Å². The minimum Gasteiger partial charge on any atom is -0.464 e. The maximum atomic E-state index is 11.0. The van der Waals surface area contributed by atoms with Crippen LogP contribution in [0.5, 0.6) is 5.75 Å². The molecule has 2 aliphatic rings. The van der Waals surface area contributed by atoms with Gasteiger partial charge in [0.15, 0.2) is 0 Å². The topological polar surface area (TPSA) is 68.0 Å². The lowest BCUT2D eigenvalue weighted by atomic mass is 9.96. The number of rotatable bonds is 3. The van der Waals surface area contributed by atoms with Gasteiger partial charge < -0.3 is 4.74 Å². The summed E-state index contributed by atoms with van der Waals surface area (Å²) in [6.07, 6.45) is 0.316. The lowest BCUT2D eigenvalue weighted by Gasteiger charge is -2.38. The van der Waals surface area contributed by atoms with E-state index in [1.54, 1.807) is 12.1 Å². The molecule has 2 aliphatic heterocycles. The minimum atomic E-state index is -0.448. The van der Waals surface area contributed by atoms with Gasteiger partial charge in [-0.25, -0.2) is 5.01 Å². The third-order valence-corrected chi connectivity index (χ3v) is 5.74. The molecule has 0 saturated heterocycles. The molecule has 3 aromatic rings. The van der Waals surface area contributed by atoms with Crippen LogP contribution in [0.15, 0.2) is 82.4 Å². The number of nitro benzene ring substituents is 1. The number of fused-ring (bicyclic) bond motifs is 3. The Hall–Kier alpha value is -3.19. The van der Waals surface area contributed by atoms with Crippen LogP contribution in [0.2, 0.25) is 0 Å². The van der Waals surface area contributed by atoms with Gasteiger partial charge in [0.1, 0.15) is 5.75 Å². The molecule has 0 radical (unpaired) electrons. The van der Waals surface area contributed by atoms with Crippen LogP contribution in [-0.4, -0.2) is 15.6 Å². The average Bonchev–Trinajstić information content (AvgIpc) is 3.20. The first-order valence-corrected chi connectivity index (χ1v) is 10.0. The zero-order valence-electron chi connectivity index (χ0n) is 15.2. The Bertz CT molecular complexity index is 1120. The van der Waals surface area contributed by atoms with Crippen LogP contribution in [-0.2, 0) is 0 Å². The monoisotopic (exact) mass is 449 g/mol. The van der Waals surface area contributed by atoms with Gasteiger partial charge in [-0.1, -0.05) is 46.3 Å². The average molecular weight is 450 g/mol. The number of hydrogen-bond donors (Lipinski definition) is 0. The maximum absolute atomic E-state index is 11.0. The van der Waals surface area contributed by atoms with Crippen LogP contribution in [0, 0.1) is 10.1 Å². The summed E-state index contributed by atoms with van der Waals surface area (Å²) in [6, 6.07) is 22.6. The zero-order valence-corrected chi connectivity index (χ0v) is 16.8. The molecule has 2 atom stereocenters. The number of halogens is 1. The molecule has 144 valence electrons. The van der Waals surface area contributed by atoms with Gasteiger partial charge in [-0.3, -0.25) is 10.1 Å². The smallest absolute Gasteiger partial charge is 0.269 e. The highest BCUT2D eigenvalue weighted by atomic mass is 79.9. The van der Waals surface area contributed by atoms with E-state index in [9.17, 15) is 10.1 Å². The summed E-state index contributed by atoms with van der Waals surface area (Å²) < 4.78 is 7.29. The molecule has 0 saturated carbocycles. The molecule has 0 bridgehead atoms. The molecule has 2 heterocycles. The van der Waals surface area contributed by atoms with Gasteiger partial charge in [-0.2, -0.15) is 5.10 Å². The van der Waals surface area contributed by atoms with E-state index in [0.717, 1.165) is 39.0 Å². The number of hydrogen-bond acceptors (Lipinski definition) is 5. The van der Waals surface area contributed by atoms with E-state index in [1.807, 2.05) is 35.3 Å². The molecule has 6 nitrogen and oxygen atoms in total. The number of non-ortho nitro benzene ring substituents is 1. The van der Waals surface area contributed by atoms with E-state index >= 15 is 0 Å². The van der Waals surface area contributed by atoms with Crippen LogP contribution in [0.4, 0.5) is 5.69 Å². The van der Waals surface area contributed by atoms with Crippen LogP contribution in [0.25, 0.3) is 0 Å². The molecule has 5 rings (SSSR count). The largest absolute Gasteiger partial charge is 0.464 e. The quantitative estimate of drug-likeness (QED) is 0.385. The molecule has 0 amide bonds. The number of ether oxygens (including phenoxy) is 1. The van der Waals surface area contributed by atoms with Crippen molar-refractivity contribution in [3.63, 3.8) is 0 Å². The normalized spacial score (nSPS) is 19.8. The second-order valence-corrected chi connectivity index (χ2v) is 7.93. The second kappa shape index (κ2) is 7.00. The Balaban J connectivity index is 1.58. The first-order chi connectivity index (χ1) is 14.1. The molecule has 0 N–H and O–H groups in total. The van der Waals surface area contributed by atoms with Crippen LogP contribution in [0.3, 0.4) is 0 Å². The Morgan fingerprint density at radius 2 is 1.83 bits per heavy atom. The molecule has 0 aromatic heterocycles. The van der Waals surface area contributed by atoms with E-state index in [-0.39, 0.29) is 11.7 Å². The van der Waals surface area contributed by atoms with Crippen molar-refractivity contribution in [2.45, 2.75) is 18.7 Å². The van der Waals surface area contributed by atoms with Crippen molar-refractivity contribution in [1.82, 2.24) is 5.01 Å². The SMILES string of the molecule is O=[N+]([O-])c1ccc([C@@H]2Oc3ccc(Br)cc3[C@@H]3CC(c4ccccc4)=NN32)cc1. The molecule has 29 heavy (non-hydrogen) atoms. The van der Waals surface area contributed by atoms with Crippen molar-refractivity contribution in [2.75, 3.05) is 0 Å². The predicted molar refractivity (Wildman–Crippen MR) is 113 cm³/mol. The van der Waals surface area contributed by atoms with Gasteiger partial charge in [0, 0.05) is 34.2 Å². The summed E-state index contributed by atoms with van der Waals surface area (Å²) in [6.45, 7) is 0. The van der Waals surface area contributed by atoms with E-state index in [4.69, 9.17) is 9.84 Å². The van der Waals surface area contributed by atoms with E-state index in [1.165, 1.54) is 12.1 Å². The van der Waals surface area contributed by atoms with Gasteiger partial charge in [-0.15, -0.1) is 0 Å². The molecule has 7 heteroatoms. The number of nitrogens with zero attached hydrogens (tertiary/aromatic N) is 3. The zero-order chi connectivity index (χ0) is 20.0. The number of nitro groups is 1. The molecular weight excluding hydrogens is 434 g/mol. The maximum Gasteiger partial charge on any atom is 0.269 e. The summed E-state index contributed by atoms with van der Waals surface area (Å²) in [7, 11) is 0. The molecule has 0 spiro atoms. The minimum absolute atomic E-state index is 0.0339. The first kappa shape index (κ1) is 17.9. The number of hydrazone groups is 1. The lowest BCUT2D eigenvalue weighted by molar-refractivity contribution is -0.384. The first-order valence-electron chi connectivity index (χ1n) is 9.22. The van der Waals surface area contributed by atoms with Gasteiger partial charge in [0.05, 0.1) is 16.7 Å². The van der Waals surface area contributed by atoms with Crippen molar-refractivity contribution in [3.8, 4) is 5.75 Å².